The summed E-state index contributed by atoms with van der Waals surface area (Å²) in [6, 6.07) is 7.75. The third kappa shape index (κ3) is 2.49. The first kappa shape index (κ1) is 14.7. The lowest BCUT2D eigenvalue weighted by Gasteiger charge is -2.10. The van der Waals surface area contributed by atoms with E-state index >= 15 is 0 Å². The zero-order chi connectivity index (χ0) is 15.5. The predicted octanol–water partition coefficient (Wildman–Crippen LogP) is 2.25. The second-order valence-corrected chi connectivity index (χ2v) is 5.67. The Morgan fingerprint density at radius 3 is 3.05 bits per heavy atom. The van der Waals surface area contributed by atoms with Gasteiger partial charge in [0.05, 0.1) is 18.9 Å². The van der Waals surface area contributed by atoms with E-state index in [9.17, 15) is 4.79 Å². The van der Waals surface area contributed by atoms with Gasteiger partial charge in [0.2, 0.25) is 0 Å². The van der Waals surface area contributed by atoms with E-state index in [4.69, 9.17) is 11.2 Å². The summed E-state index contributed by atoms with van der Waals surface area (Å²) in [5.41, 5.74) is 2.01. The number of thioether (sulfide) groups is 1. The van der Waals surface area contributed by atoms with E-state index in [0.29, 0.717) is 35.1 Å². The summed E-state index contributed by atoms with van der Waals surface area (Å²) in [5, 5.41) is 1.56. The van der Waals surface area contributed by atoms with Crippen LogP contribution in [0.1, 0.15) is 0 Å². The lowest BCUT2D eigenvalue weighted by molar-refractivity contribution is 0.183. The van der Waals surface area contributed by atoms with Gasteiger partial charge in [-0.25, -0.2) is 4.98 Å². The first-order chi connectivity index (χ1) is 10.8. The molecule has 3 rings (SSSR count). The van der Waals surface area contributed by atoms with Crippen molar-refractivity contribution < 1.29 is 4.74 Å². The van der Waals surface area contributed by atoms with E-state index in [1.165, 1.54) is 11.8 Å². The summed E-state index contributed by atoms with van der Waals surface area (Å²) in [4.78, 5) is 20.6. The quantitative estimate of drug-likeness (QED) is 0.446. The Hall–Kier alpha value is -2.23. The fourth-order valence-corrected chi connectivity index (χ4v) is 3.07. The Bertz CT molecular complexity index is 921. The fourth-order valence-electron chi connectivity index (χ4n) is 2.37. The Kier molecular flexibility index (Phi) is 4.18. The van der Waals surface area contributed by atoms with Gasteiger partial charge in [0.25, 0.3) is 5.56 Å². The van der Waals surface area contributed by atoms with Crippen LogP contribution in [0, 0.1) is 12.3 Å². The molecule has 112 valence electrons. The van der Waals surface area contributed by atoms with E-state index < -0.39 is 0 Å². The highest BCUT2D eigenvalue weighted by Crippen LogP contribution is 2.24. The molecular formula is C16H15N3O2S. The van der Waals surface area contributed by atoms with Crippen molar-refractivity contribution in [2.45, 2.75) is 11.7 Å². The van der Waals surface area contributed by atoms with Gasteiger partial charge in [-0.15, -0.1) is 6.42 Å². The number of H-pyrrole nitrogens is 1. The highest BCUT2D eigenvalue weighted by molar-refractivity contribution is 7.99. The third-order valence-electron chi connectivity index (χ3n) is 3.38. The predicted molar refractivity (Wildman–Crippen MR) is 89.3 cm³/mol. The van der Waals surface area contributed by atoms with Crippen molar-refractivity contribution in [1.82, 2.24) is 14.5 Å². The number of para-hydroxylation sites is 1. The molecule has 0 radical (unpaired) electrons. The molecule has 0 spiro atoms. The van der Waals surface area contributed by atoms with Crippen LogP contribution < -0.4 is 5.56 Å². The van der Waals surface area contributed by atoms with E-state index in [0.717, 1.165) is 10.9 Å². The average Bonchev–Trinajstić information content (AvgIpc) is 2.91. The minimum Gasteiger partial charge on any atom is -0.383 e. The molecule has 0 saturated carbocycles. The summed E-state index contributed by atoms with van der Waals surface area (Å²) in [6.07, 6.45) is 5.33. The van der Waals surface area contributed by atoms with Gasteiger partial charge in [-0.1, -0.05) is 35.9 Å². The average molecular weight is 313 g/mol. The molecule has 0 unspecified atom stereocenters. The fraction of sp³-hybridized carbons (Fsp3) is 0.250. The van der Waals surface area contributed by atoms with Crippen molar-refractivity contribution >= 4 is 33.7 Å². The minimum atomic E-state index is -0.0993. The Morgan fingerprint density at radius 1 is 1.45 bits per heavy atom. The molecule has 1 aromatic carbocycles. The molecule has 0 fully saturated rings. The number of hydrogen-bond acceptors (Lipinski definition) is 4. The highest BCUT2D eigenvalue weighted by atomic mass is 32.2. The first-order valence-electron chi connectivity index (χ1n) is 6.82. The van der Waals surface area contributed by atoms with E-state index in [2.05, 4.69) is 15.9 Å². The number of rotatable bonds is 5. The van der Waals surface area contributed by atoms with Gasteiger partial charge < -0.3 is 9.72 Å². The molecule has 0 saturated heterocycles. The zero-order valence-corrected chi connectivity index (χ0v) is 12.9. The van der Waals surface area contributed by atoms with Crippen molar-refractivity contribution in [1.29, 1.82) is 0 Å². The van der Waals surface area contributed by atoms with Crippen LogP contribution in [0.5, 0.6) is 0 Å². The summed E-state index contributed by atoms with van der Waals surface area (Å²) in [6.45, 7) is 0.886. The zero-order valence-electron chi connectivity index (χ0n) is 12.1. The number of terminal acetylenes is 1. The van der Waals surface area contributed by atoms with Crippen molar-refractivity contribution in [2.24, 2.45) is 0 Å². The summed E-state index contributed by atoms with van der Waals surface area (Å²) < 4.78 is 6.70. The van der Waals surface area contributed by atoms with E-state index in [-0.39, 0.29) is 5.56 Å². The van der Waals surface area contributed by atoms with Gasteiger partial charge in [0, 0.05) is 18.0 Å². The second-order valence-electron chi connectivity index (χ2n) is 4.73. The van der Waals surface area contributed by atoms with E-state index in [1.807, 2.05) is 24.3 Å². The van der Waals surface area contributed by atoms with Crippen molar-refractivity contribution in [3.8, 4) is 12.3 Å². The third-order valence-corrected chi connectivity index (χ3v) is 4.26. The van der Waals surface area contributed by atoms with Gasteiger partial charge >= 0.3 is 0 Å². The number of hydrogen-bond donors (Lipinski definition) is 1. The number of methoxy groups -OCH3 is 1. The number of nitrogens with one attached hydrogen (secondary N) is 1. The molecule has 3 aromatic rings. The van der Waals surface area contributed by atoms with Gasteiger partial charge in [0.15, 0.2) is 5.16 Å². The number of benzene rings is 1. The summed E-state index contributed by atoms with van der Waals surface area (Å²) in [7, 11) is 1.61. The molecule has 0 atom stereocenters. The summed E-state index contributed by atoms with van der Waals surface area (Å²) >= 11 is 1.38. The van der Waals surface area contributed by atoms with Crippen LogP contribution in [0.2, 0.25) is 0 Å². The second kappa shape index (κ2) is 6.26. The Morgan fingerprint density at radius 2 is 2.27 bits per heavy atom. The molecule has 5 nitrogen and oxygen atoms in total. The van der Waals surface area contributed by atoms with Crippen LogP contribution >= 0.6 is 11.8 Å². The van der Waals surface area contributed by atoms with Crippen LogP contribution in [-0.2, 0) is 11.3 Å². The van der Waals surface area contributed by atoms with Crippen molar-refractivity contribution in [3.05, 3.63) is 34.6 Å². The number of aromatic nitrogens is 3. The first-order valence-corrected chi connectivity index (χ1v) is 7.81. The lowest BCUT2D eigenvalue weighted by Crippen LogP contribution is -2.25. The normalized spacial score (nSPS) is 11.1. The number of nitrogens with zero attached hydrogens (tertiary/aromatic N) is 2. The molecule has 2 aromatic heterocycles. The van der Waals surface area contributed by atoms with Crippen LogP contribution in [0.25, 0.3) is 21.9 Å². The molecule has 2 heterocycles. The molecule has 0 aliphatic carbocycles. The molecule has 1 N–H and O–H groups in total. The molecular weight excluding hydrogens is 298 g/mol. The molecule has 0 amide bonds. The highest BCUT2D eigenvalue weighted by Gasteiger charge is 2.15. The number of aromatic amines is 1. The monoisotopic (exact) mass is 313 g/mol. The van der Waals surface area contributed by atoms with Crippen LogP contribution in [0.4, 0.5) is 0 Å². The molecule has 0 aliphatic heterocycles. The standard InChI is InChI=1S/C16H15N3O2S/c1-3-10-22-16-18-13-11-6-4-5-7-12(11)17-14(13)15(20)19(16)8-9-21-2/h1,4-7,17H,8-10H2,2H3. The minimum absolute atomic E-state index is 0.0993. The van der Waals surface area contributed by atoms with Crippen molar-refractivity contribution in [2.75, 3.05) is 19.5 Å². The Labute approximate surface area is 131 Å². The largest absolute Gasteiger partial charge is 0.383 e. The SMILES string of the molecule is C#CCSc1nc2c([nH]c3ccccc32)c(=O)n1CCOC. The van der Waals surface area contributed by atoms with Gasteiger partial charge in [0.1, 0.15) is 11.0 Å². The van der Waals surface area contributed by atoms with Crippen LogP contribution in [-0.4, -0.2) is 34.0 Å². The number of ether oxygens (including phenoxy) is 1. The lowest BCUT2D eigenvalue weighted by atomic mass is 10.2. The topological polar surface area (TPSA) is 59.9 Å². The van der Waals surface area contributed by atoms with Crippen LogP contribution in [0.15, 0.2) is 34.2 Å². The van der Waals surface area contributed by atoms with Crippen LogP contribution in [0.3, 0.4) is 0 Å². The van der Waals surface area contributed by atoms with Gasteiger partial charge in [-0.3, -0.25) is 9.36 Å². The van der Waals surface area contributed by atoms with Gasteiger partial charge in [-0.05, 0) is 6.07 Å². The number of fused-ring (bicyclic) bond motifs is 3. The Balaban J connectivity index is 2.26. The molecule has 6 heteroatoms. The molecule has 0 aliphatic rings. The van der Waals surface area contributed by atoms with Crippen molar-refractivity contribution in [3.63, 3.8) is 0 Å². The van der Waals surface area contributed by atoms with Gasteiger partial charge in [-0.2, -0.15) is 0 Å². The maximum Gasteiger partial charge on any atom is 0.278 e. The maximum absolute atomic E-state index is 12.8. The maximum atomic E-state index is 12.8. The van der Waals surface area contributed by atoms with E-state index in [1.54, 1.807) is 11.7 Å². The molecule has 22 heavy (non-hydrogen) atoms. The summed E-state index contributed by atoms with van der Waals surface area (Å²) in [5.74, 6) is 3.03. The smallest absolute Gasteiger partial charge is 0.278 e. The molecule has 0 bridgehead atoms.